The first kappa shape index (κ1) is 18.2. The van der Waals surface area contributed by atoms with E-state index in [9.17, 15) is 4.79 Å². The van der Waals surface area contributed by atoms with Gasteiger partial charge in [-0.05, 0) is 47.5 Å². The van der Waals surface area contributed by atoms with Gasteiger partial charge >= 0.3 is 0 Å². The van der Waals surface area contributed by atoms with Crippen molar-refractivity contribution in [2.24, 2.45) is 5.16 Å². The highest BCUT2D eigenvalue weighted by molar-refractivity contribution is 5.91. The van der Waals surface area contributed by atoms with Crippen LogP contribution in [0.1, 0.15) is 11.1 Å². The Hall–Kier alpha value is -3.60. The van der Waals surface area contributed by atoms with Crippen molar-refractivity contribution < 1.29 is 14.4 Å². The van der Waals surface area contributed by atoms with Crippen molar-refractivity contribution in [3.63, 3.8) is 0 Å². The van der Waals surface area contributed by atoms with Gasteiger partial charge in [-0.25, -0.2) is 0 Å². The SMILES string of the molecule is O=C(CO/N=C\c1ccc(OCc2ccccc2)cc1)Nc1ccccc1. The van der Waals surface area contributed by atoms with Gasteiger partial charge in [0.25, 0.3) is 5.91 Å². The summed E-state index contributed by atoms with van der Waals surface area (Å²) in [7, 11) is 0. The second kappa shape index (κ2) is 9.77. The molecule has 0 unspecified atom stereocenters. The van der Waals surface area contributed by atoms with Crippen molar-refractivity contribution in [1.82, 2.24) is 0 Å². The molecule has 3 rings (SSSR count). The highest BCUT2D eigenvalue weighted by atomic mass is 16.6. The number of oxime groups is 1. The molecule has 5 heteroatoms. The summed E-state index contributed by atoms with van der Waals surface area (Å²) in [5.74, 6) is 0.516. The van der Waals surface area contributed by atoms with Crippen LogP contribution < -0.4 is 10.1 Å². The van der Waals surface area contributed by atoms with Crippen LogP contribution in [0.25, 0.3) is 0 Å². The Kier molecular flexibility index (Phi) is 6.59. The van der Waals surface area contributed by atoms with E-state index in [4.69, 9.17) is 9.57 Å². The number of nitrogens with zero attached hydrogens (tertiary/aromatic N) is 1. The smallest absolute Gasteiger partial charge is 0.265 e. The molecule has 3 aromatic rings. The summed E-state index contributed by atoms with van der Waals surface area (Å²) in [6.45, 7) is 0.373. The molecule has 0 spiro atoms. The van der Waals surface area contributed by atoms with E-state index in [1.54, 1.807) is 6.21 Å². The number of ether oxygens (including phenoxy) is 1. The maximum Gasteiger partial charge on any atom is 0.265 e. The maximum atomic E-state index is 11.7. The van der Waals surface area contributed by atoms with E-state index in [2.05, 4.69) is 10.5 Å². The minimum Gasteiger partial charge on any atom is -0.489 e. The minimum absolute atomic E-state index is 0.149. The Balaban J connectivity index is 1.40. The Bertz CT molecular complexity index is 863. The van der Waals surface area contributed by atoms with E-state index < -0.39 is 0 Å². The second-order valence-corrected chi connectivity index (χ2v) is 5.77. The zero-order chi connectivity index (χ0) is 18.7. The lowest BCUT2D eigenvalue weighted by atomic mass is 10.2. The standard InChI is InChI=1S/C22H20N2O3/c25-22(24-20-9-5-2-6-10-20)17-27-23-15-18-11-13-21(14-12-18)26-16-19-7-3-1-4-8-19/h1-15H,16-17H2,(H,24,25)/b23-15-. The van der Waals surface area contributed by atoms with Gasteiger partial charge < -0.3 is 14.9 Å². The summed E-state index contributed by atoms with van der Waals surface area (Å²) in [5.41, 5.74) is 2.69. The monoisotopic (exact) mass is 360 g/mol. The highest BCUT2D eigenvalue weighted by Crippen LogP contribution is 2.13. The van der Waals surface area contributed by atoms with Crippen LogP contribution in [-0.2, 0) is 16.2 Å². The Morgan fingerprint density at radius 2 is 1.56 bits per heavy atom. The van der Waals surface area contributed by atoms with Crippen molar-refractivity contribution in [2.75, 3.05) is 11.9 Å². The number of benzene rings is 3. The van der Waals surface area contributed by atoms with Gasteiger partial charge in [-0.1, -0.05) is 53.7 Å². The van der Waals surface area contributed by atoms with Gasteiger partial charge in [0.05, 0.1) is 6.21 Å². The molecule has 1 N–H and O–H groups in total. The number of amides is 1. The molecule has 3 aromatic carbocycles. The number of hydrogen-bond acceptors (Lipinski definition) is 4. The molecule has 5 nitrogen and oxygen atoms in total. The van der Waals surface area contributed by atoms with Crippen molar-refractivity contribution >= 4 is 17.8 Å². The minimum atomic E-state index is -0.261. The molecule has 27 heavy (non-hydrogen) atoms. The van der Waals surface area contributed by atoms with Crippen LogP contribution in [0.5, 0.6) is 5.75 Å². The fourth-order valence-corrected chi connectivity index (χ4v) is 2.30. The van der Waals surface area contributed by atoms with Gasteiger partial charge in [-0.15, -0.1) is 0 Å². The Morgan fingerprint density at radius 3 is 2.26 bits per heavy atom. The fourth-order valence-electron chi connectivity index (χ4n) is 2.30. The largest absolute Gasteiger partial charge is 0.489 e. The van der Waals surface area contributed by atoms with Crippen LogP contribution in [0.4, 0.5) is 5.69 Å². The fraction of sp³-hybridized carbons (Fsp3) is 0.0909. The lowest BCUT2D eigenvalue weighted by Gasteiger charge is -2.06. The number of rotatable bonds is 8. The molecule has 0 aliphatic carbocycles. The van der Waals surface area contributed by atoms with Gasteiger partial charge in [0, 0.05) is 5.69 Å². The normalized spacial score (nSPS) is 10.5. The van der Waals surface area contributed by atoms with E-state index in [-0.39, 0.29) is 12.5 Å². The van der Waals surface area contributed by atoms with E-state index in [0.717, 1.165) is 22.6 Å². The van der Waals surface area contributed by atoms with E-state index in [1.165, 1.54) is 0 Å². The number of para-hydroxylation sites is 1. The second-order valence-electron chi connectivity index (χ2n) is 5.77. The molecule has 0 radical (unpaired) electrons. The zero-order valence-electron chi connectivity index (χ0n) is 14.7. The molecule has 1 amide bonds. The summed E-state index contributed by atoms with van der Waals surface area (Å²) < 4.78 is 5.73. The molecule has 0 heterocycles. The van der Waals surface area contributed by atoms with Crippen LogP contribution in [0, 0.1) is 0 Å². The van der Waals surface area contributed by atoms with Crippen molar-refractivity contribution in [1.29, 1.82) is 0 Å². The first-order valence-electron chi connectivity index (χ1n) is 8.56. The number of nitrogens with one attached hydrogen (secondary N) is 1. The molecule has 136 valence electrons. The summed E-state index contributed by atoms with van der Waals surface area (Å²) >= 11 is 0. The Labute approximate surface area is 158 Å². The molecule has 0 aromatic heterocycles. The first-order chi connectivity index (χ1) is 13.3. The average Bonchev–Trinajstić information content (AvgIpc) is 2.72. The number of carbonyl (C=O) groups excluding carboxylic acids is 1. The lowest BCUT2D eigenvalue weighted by Crippen LogP contribution is -2.16. The van der Waals surface area contributed by atoms with E-state index >= 15 is 0 Å². The third-order valence-electron chi connectivity index (χ3n) is 3.66. The predicted molar refractivity (Wildman–Crippen MR) is 106 cm³/mol. The lowest BCUT2D eigenvalue weighted by molar-refractivity contribution is -0.120. The molecular formula is C22H20N2O3. The molecule has 0 aliphatic rings. The molecule has 0 atom stereocenters. The van der Waals surface area contributed by atoms with Crippen LogP contribution in [0.15, 0.2) is 90.1 Å². The van der Waals surface area contributed by atoms with Crippen molar-refractivity contribution in [3.05, 3.63) is 96.1 Å². The van der Waals surface area contributed by atoms with Crippen molar-refractivity contribution in [2.45, 2.75) is 6.61 Å². The molecule has 0 bridgehead atoms. The van der Waals surface area contributed by atoms with Crippen LogP contribution in [0.3, 0.4) is 0 Å². The highest BCUT2D eigenvalue weighted by Gasteiger charge is 2.01. The third kappa shape index (κ3) is 6.32. The topological polar surface area (TPSA) is 59.9 Å². The summed E-state index contributed by atoms with van der Waals surface area (Å²) in [6, 6.07) is 26.7. The Morgan fingerprint density at radius 1 is 0.889 bits per heavy atom. The molecule has 0 saturated carbocycles. The number of hydrogen-bond donors (Lipinski definition) is 1. The predicted octanol–water partition coefficient (Wildman–Crippen LogP) is 4.25. The van der Waals surface area contributed by atoms with Crippen LogP contribution in [-0.4, -0.2) is 18.7 Å². The first-order valence-corrected chi connectivity index (χ1v) is 8.56. The summed E-state index contributed by atoms with van der Waals surface area (Å²) in [5, 5.41) is 6.54. The van der Waals surface area contributed by atoms with Crippen molar-refractivity contribution in [3.8, 4) is 5.75 Å². The van der Waals surface area contributed by atoms with E-state index in [0.29, 0.717) is 6.61 Å². The van der Waals surface area contributed by atoms with Gasteiger partial charge in [-0.3, -0.25) is 4.79 Å². The van der Waals surface area contributed by atoms with Gasteiger partial charge in [0.15, 0.2) is 6.61 Å². The maximum absolute atomic E-state index is 11.7. The number of carbonyl (C=O) groups is 1. The average molecular weight is 360 g/mol. The van der Waals surface area contributed by atoms with Gasteiger partial charge in [0.1, 0.15) is 12.4 Å². The van der Waals surface area contributed by atoms with Crippen LogP contribution >= 0.6 is 0 Å². The summed E-state index contributed by atoms with van der Waals surface area (Å²) in [6.07, 6.45) is 1.55. The molecular weight excluding hydrogens is 340 g/mol. The third-order valence-corrected chi connectivity index (χ3v) is 3.66. The zero-order valence-corrected chi connectivity index (χ0v) is 14.7. The molecule has 0 saturated heterocycles. The molecule has 0 aliphatic heterocycles. The molecule has 0 fully saturated rings. The summed E-state index contributed by atoms with van der Waals surface area (Å²) in [4.78, 5) is 16.8. The van der Waals surface area contributed by atoms with Gasteiger partial charge in [-0.2, -0.15) is 0 Å². The number of anilines is 1. The van der Waals surface area contributed by atoms with Gasteiger partial charge in [0.2, 0.25) is 0 Å². The van der Waals surface area contributed by atoms with Crippen LogP contribution in [0.2, 0.25) is 0 Å². The van der Waals surface area contributed by atoms with E-state index in [1.807, 2.05) is 84.9 Å². The quantitative estimate of drug-likeness (QED) is 0.482.